The second-order valence-electron chi connectivity index (χ2n) is 13.6. The van der Waals surface area contributed by atoms with Gasteiger partial charge in [-0.25, -0.2) is 10.4 Å². The number of likely N-dealkylation sites (tertiary alicyclic amines) is 1. The van der Waals surface area contributed by atoms with Crippen LogP contribution in [0.25, 0.3) is 39.2 Å². The Kier molecular flexibility index (Phi) is 10.8. The summed E-state index contributed by atoms with van der Waals surface area (Å²) in [6.07, 6.45) is 8.79. The van der Waals surface area contributed by atoms with Gasteiger partial charge in [-0.1, -0.05) is 74.5 Å². The maximum absolute atomic E-state index is 13.4. The molecule has 0 bridgehead atoms. The number of allylic oxidation sites excluding steroid dienone is 1. The average Bonchev–Trinajstić information content (AvgIpc) is 3.79. The molecular formula is C42H46ClN7O2. The van der Waals surface area contributed by atoms with Crippen LogP contribution < -0.4 is 16.3 Å². The molecule has 7 rings (SSSR count). The van der Waals surface area contributed by atoms with Gasteiger partial charge in [0.15, 0.2) is 0 Å². The zero-order chi connectivity index (χ0) is 36.2. The second kappa shape index (κ2) is 15.8. The monoisotopic (exact) mass is 715 g/mol. The molecule has 3 aromatic heterocycles. The summed E-state index contributed by atoms with van der Waals surface area (Å²) >= 11 is 7.26. The minimum absolute atomic E-state index is 0.101. The van der Waals surface area contributed by atoms with Crippen molar-refractivity contribution in [3.63, 3.8) is 0 Å². The summed E-state index contributed by atoms with van der Waals surface area (Å²) in [7, 11) is 0. The minimum Gasteiger partial charge on any atom is -0.341 e. The third kappa shape index (κ3) is 7.26. The van der Waals surface area contributed by atoms with Crippen molar-refractivity contribution in [3.05, 3.63) is 123 Å². The minimum atomic E-state index is -0.101. The number of carbonyl (C=O) groups excluding carboxylic acids is 1. The highest BCUT2D eigenvalue weighted by atomic mass is 35.5. The maximum atomic E-state index is 13.4. The average molecular weight is 716 g/mol. The first-order valence-corrected chi connectivity index (χ1v) is 18.8. The molecule has 5 heterocycles. The van der Waals surface area contributed by atoms with Crippen LogP contribution in [0.3, 0.4) is 0 Å². The molecule has 0 aliphatic carbocycles. The van der Waals surface area contributed by atoms with E-state index < -0.39 is 0 Å². The van der Waals surface area contributed by atoms with Crippen LogP contribution in [0.2, 0.25) is 5.02 Å². The fourth-order valence-electron chi connectivity index (χ4n) is 7.46. The number of benzene rings is 2. The number of hydrogen-bond acceptors (Lipinski definition) is 7. The van der Waals surface area contributed by atoms with Crippen LogP contribution in [0.4, 0.5) is 0 Å². The summed E-state index contributed by atoms with van der Waals surface area (Å²) in [4.78, 5) is 36.9. The third-order valence-electron chi connectivity index (χ3n) is 10.3. The van der Waals surface area contributed by atoms with E-state index in [0.29, 0.717) is 48.8 Å². The van der Waals surface area contributed by atoms with Crippen LogP contribution in [0.5, 0.6) is 0 Å². The molecule has 0 radical (unpaired) electrons. The Balaban J connectivity index is 1.13. The normalized spacial score (nSPS) is 14.7. The Morgan fingerprint density at radius 2 is 1.65 bits per heavy atom. The van der Waals surface area contributed by atoms with Gasteiger partial charge in [-0.15, -0.1) is 0 Å². The summed E-state index contributed by atoms with van der Waals surface area (Å²) < 4.78 is 1.60. The number of nitrogens with zero attached hydrogens (tertiary/aromatic N) is 5. The lowest BCUT2D eigenvalue weighted by Crippen LogP contribution is -2.33. The summed E-state index contributed by atoms with van der Waals surface area (Å²) in [5, 5.41) is 6.13. The van der Waals surface area contributed by atoms with Gasteiger partial charge in [0.25, 0.3) is 5.56 Å². The first-order chi connectivity index (χ1) is 25.4. The Bertz CT molecular complexity index is 2200. The van der Waals surface area contributed by atoms with E-state index in [9.17, 15) is 9.59 Å². The summed E-state index contributed by atoms with van der Waals surface area (Å²) in [5.74, 6) is 0.205. The highest BCUT2D eigenvalue weighted by Crippen LogP contribution is 2.40. The van der Waals surface area contributed by atoms with E-state index in [4.69, 9.17) is 16.6 Å². The van der Waals surface area contributed by atoms with E-state index in [-0.39, 0.29) is 11.5 Å². The number of nitrogens with one attached hydrogen (secondary N) is 2. The van der Waals surface area contributed by atoms with E-state index in [1.54, 1.807) is 10.6 Å². The van der Waals surface area contributed by atoms with E-state index in [1.165, 1.54) is 5.56 Å². The lowest BCUT2D eigenvalue weighted by Gasteiger charge is -2.21. The quantitative estimate of drug-likeness (QED) is 0.125. The zero-order valence-corrected chi connectivity index (χ0v) is 30.8. The molecule has 10 heteroatoms. The molecule has 1 amide bonds. The molecule has 2 aliphatic heterocycles. The molecule has 9 nitrogen and oxygen atoms in total. The van der Waals surface area contributed by atoms with Crippen molar-refractivity contribution in [2.24, 2.45) is 0 Å². The Labute approximate surface area is 310 Å². The molecule has 0 unspecified atom stereocenters. The van der Waals surface area contributed by atoms with Crippen molar-refractivity contribution in [1.29, 1.82) is 0 Å². The van der Waals surface area contributed by atoms with Gasteiger partial charge in [0.1, 0.15) is 5.65 Å². The molecule has 0 atom stereocenters. The van der Waals surface area contributed by atoms with Crippen LogP contribution in [0.1, 0.15) is 61.9 Å². The van der Waals surface area contributed by atoms with Crippen LogP contribution >= 0.6 is 11.6 Å². The zero-order valence-electron chi connectivity index (χ0n) is 30.1. The Morgan fingerprint density at radius 1 is 0.865 bits per heavy atom. The second-order valence-corrected chi connectivity index (χ2v) is 13.9. The molecule has 0 saturated carbocycles. The number of pyridine rings is 2. The molecule has 2 fully saturated rings. The van der Waals surface area contributed by atoms with Crippen molar-refractivity contribution in [1.82, 2.24) is 35.0 Å². The van der Waals surface area contributed by atoms with Crippen molar-refractivity contribution in [2.45, 2.75) is 65.5 Å². The number of aryl methyl sites for hydroxylation is 1. The van der Waals surface area contributed by atoms with Crippen LogP contribution in [-0.4, -0.2) is 56.4 Å². The molecule has 0 spiro atoms. The topological polar surface area (TPSA) is 94.9 Å². The fraction of sp³-hybridized carbons (Fsp3) is 0.333. The largest absolute Gasteiger partial charge is 0.341 e. The molecule has 2 aliphatic rings. The third-order valence-corrected chi connectivity index (χ3v) is 10.7. The van der Waals surface area contributed by atoms with Crippen LogP contribution in [-0.2, 0) is 30.7 Å². The molecule has 2 saturated heterocycles. The number of halogens is 1. The predicted molar refractivity (Wildman–Crippen MR) is 209 cm³/mol. The highest BCUT2D eigenvalue weighted by molar-refractivity contribution is 6.36. The van der Waals surface area contributed by atoms with E-state index in [0.717, 1.165) is 95.7 Å². The van der Waals surface area contributed by atoms with Gasteiger partial charge in [-0.05, 0) is 78.1 Å². The highest BCUT2D eigenvalue weighted by Gasteiger charge is 2.20. The first-order valence-electron chi connectivity index (χ1n) is 18.4. The standard InChI is InChI=1S/C42H46ClN7O2/c1-4-32-33(29-18-22-49-39(24-29)45-26-31(42(49)52)25-44-19-23-48-20-9-15-40(48)51)11-6-12-34(32)35-13-7-14-36(41(35)43)38-17-16-30(37(5-2)47-38)27-46-50-21-8-10-28(50)3/h6-7,11-14,16-18,22,24,26,44,46H,3-5,8-10,15,19-21,23,25,27H2,1-2H3. The number of hydrogen-bond donors (Lipinski definition) is 2. The fourth-order valence-corrected chi connectivity index (χ4v) is 7.79. The van der Waals surface area contributed by atoms with Crippen molar-refractivity contribution in [2.75, 3.05) is 26.2 Å². The van der Waals surface area contributed by atoms with Crippen molar-refractivity contribution >= 4 is 23.2 Å². The predicted octanol–water partition coefficient (Wildman–Crippen LogP) is 7.19. The maximum Gasteiger partial charge on any atom is 0.262 e. The van der Waals surface area contributed by atoms with Crippen LogP contribution in [0, 0.1) is 0 Å². The van der Waals surface area contributed by atoms with Gasteiger partial charge < -0.3 is 15.2 Å². The van der Waals surface area contributed by atoms with Crippen LogP contribution in [0.15, 0.2) is 90.1 Å². The first kappa shape index (κ1) is 35.6. The summed E-state index contributed by atoms with van der Waals surface area (Å²) in [6.45, 7) is 12.6. The molecule has 2 N–H and O–H groups in total. The van der Waals surface area contributed by atoms with Crippen molar-refractivity contribution < 1.29 is 4.79 Å². The van der Waals surface area contributed by atoms with E-state index >= 15 is 0 Å². The number of amides is 1. The van der Waals surface area contributed by atoms with Gasteiger partial charge in [0.05, 0.1) is 10.7 Å². The smallest absolute Gasteiger partial charge is 0.262 e. The van der Waals surface area contributed by atoms with Gasteiger partial charge >= 0.3 is 0 Å². The van der Waals surface area contributed by atoms with Gasteiger partial charge in [-0.2, -0.15) is 0 Å². The number of aromatic nitrogens is 3. The number of hydrazine groups is 1. The number of fused-ring (bicyclic) bond motifs is 1. The molecule has 52 heavy (non-hydrogen) atoms. The Morgan fingerprint density at radius 3 is 2.40 bits per heavy atom. The molecule has 5 aromatic rings. The lowest BCUT2D eigenvalue weighted by atomic mass is 9.89. The lowest BCUT2D eigenvalue weighted by molar-refractivity contribution is -0.127. The van der Waals surface area contributed by atoms with E-state index in [2.05, 4.69) is 83.6 Å². The van der Waals surface area contributed by atoms with Crippen molar-refractivity contribution in [3.8, 4) is 33.5 Å². The summed E-state index contributed by atoms with van der Waals surface area (Å²) in [5.41, 5.74) is 15.0. The molecule has 2 aromatic carbocycles. The van der Waals surface area contributed by atoms with E-state index in [1.807, 2.05) is 29.3 Å². The molecule has 268 valence electrons. The van der Waals surface area contributed by atoms with Gasteiger partial charge in [-0.3, -0.25) is 19.0 Å². The summed E-state index contributed by atoms with van der Waals surface area (Å²) in [6, 6.07) is 20.7. The molecular weight excluding hydrogens is 670 g/mol. The number of rotatable bonds is 13. The van der Waals surface area contributed by atoms with Gasteiger partial charge in [0.2, 0.25) is 5.91 Å². The van der Waals surface area contributed by atoms with Gasteiger partial charge in [0, 0.05) is 86.2 Å². The Hall–Kier alpha value is -4.83. The SMILES string of the molecule is C=C1CCCN1NCc1ccc(-c2cccc(-c3cccc(-c4ccn5c(=O)c(CNCCN6CCCC6=O)cnc5c4)c3CC)c2Cl)nc1CC. The number of carbonyl (C=O) groups is 1.